The average molecular weight is 266 g/mol. The van der Waals surface area contributed by atoms with Gasteiger partial charge in [-0.25, -0.2) is 0 Å². The van der Waals surface area contributed by atoms with Crippen LogP contribution in [0.4, 0.5) is 0 Å². The highest BCUT2D eigenvalue weighted by molar-refractivity contribution is 5.00. The normalized spacial score (nSPS) is 18.6. The van der Waals surface area contributed by atoms with Crippen LogP contribution in [-0.2, 0) is 17.8 Å². The molecule has 1 N–H and O–H groups in total. The lowest BCUT2D eigenvalue weighted by Gasteiger charge is -2.29. The van der Waals surface area contributed by atoms with E-state index in [2.05, 4.69) is 39.9 Å². The summed E-state index contributed by atoms with van der Waals surface area (Å²) in [5, 5.41) is 7.94. The first-order valence-corrected chi connectivity index (χ1v) is 7.33. The molecule has 1 aliphatic heterocycles. The van der Waals surface area contributed by atoms with Crippen LogP contribution in [0.5, 0.6) is 0 Å². The van der Waals surface area contributed by atoms with E-state index in [9.17, 15) is 0 Å². The van der Waals surface area contributed by atoms with Gasteiger partial charge in [0.05, 0.1) is 18.9 Å². The predicted molar refractivity (Wildman–Crippen MR) is 76.1 cm³/mol. The average Bonchev–Trinajstić information content (AvgIpc) is 2.85. The van der Waals surface area contributed by atoms with E-state index in [-0.39, 0.29) is 0 Å². The fourth-order valence-electron chi connectivity index (χ4n) is 2.44. The second-order valence-electron chi connectivity index (χ2n) is 5.24. The van der Waals surface area contributed by atoms with Crippen LogP contribution in [0.15, 0.2) is 12.3 Å². The van der Waals surface area contributed by atoms with Crippen molar-refractivity contribution < 1.29 is 4.74 Å². The topological polar surface area (TPSA) is 42.3 Å². The monoisotopic (exact) mass is 266 g/mol. The van der Waals surface area contributed by atoms with Crippen molar-refractivity contribution in [1.29, 1.82) is 0 Å². The lowest BCUT2D eigenvalue weighted by atomic mass is 10.2. The number of ether oxygens (including phenoxy) is 1. The molecule has 5 heteroatoms. The number of hydrogen-bond donors (Lipinski definition) is 1. The van der Waals surface area contributed by atoms with E-state index >= 15 is 0 Å². The molecule has 19 heavy (non-hydrogen) atoms. The molecule has 2 heterocycles. The van der Waals surface area contributed by atoms with Crippen molar-refractivity contribution in [3.63, 3.8) is 0 Å². The Kier molecular flexibility index (Phi) is 5.82. The molecule has 108 valence electrons. The summed E-state index contributed by atoms with van der Waals surface area (Å²) in [6.45, 7) is 11.3. The quantitative estimate of drug-likeness (QED) is 0.802. The molecule has 1 atom stereocenters. The van der Waals surface area contributed by atoms with Gasteiger partial charge in [0.2, 0.25) is 0 Å². The van der Waals surface area contributed by atoms with Crippen LogP contribution in [0, 0.1) is 0 Å². The van der Waals surface area contributed by atoms with Crippen molar-refractivity contribution in [3.05, 3.63) is 18.0 Å². The first kappa shape index (κ1) is 14.5. The Bertz CT molecular complexity index is 360. The van der Waals surface area contributed by atoms with Gasteiger partial charge in [-0.15, -0.1) is 0 Å². The molecule has 0 aliphatic carbocycles. The molecule has 2 rings (SSSR count). The minimum atomic E-state index is 0.489. The minimum Gasteiger partial charge on any atom is -0.379 e. The van der Waals surface area contributed by atoms with Gasteiger partial charge in [0.15, 0.2) is 0 Å². The van der Waals surface area contributed by atoms with E-state index in [4.69, 9.17) is 4.74 Å². The number of morpholine rings is 1. The molecular formula is C14H26N4O. The van der Waals surface area contributed by atoms with Gasteiger partial charge in [-0.2, -0.15) is 5.10 Å². The van der Waals surface area contributed by atoms with Gasteiger partial charge in [0.1, 0.15) is 0 Å². The molecule has 5 nitrogen and oxygen atoms in total. The summed E-state index contributed by atoms with van der Waals surface area (Å²) >= 11 is 0. The molecule has 1 unspecified atom stereocenters. The highest BCUT2D eigenvalue weighted by Crippen LogP contribution is 2.02. The van der Waals surface area contributed by atoms with Crippen molar-refractivity contribution in [3.8, 4) is 0 Å². The van der Waals surface area contributed by atoms with Crippen molar-refractivity contribution in [2.45, 2.75) is 39.4 Å². The Morgan fingerprint density at radius 3 is 2.95 bits per heavy atom. The number of hydrogen-bond acceptors (Lipinski definition) is 4. The zero-order valence-corrected chi connectivity index (χ0v) is 12.1. The Morgan fingerprint density at radius 1 is 1.42 bits per heavy atom. The summed E-state index contributed by atoms with van der Waals surface area (Å²) in [7, 11) is 0. The highest BCUT2D eigenvalue weighted by Gasteiger charge is 2.13. The van der Waals surface area contributed by atoms with Crippen LogP contribution in [0.3, 0.4) is 0 Å². The summed E-state index contributed by atoms with van der Waals surface area (Å²) in [4.78, 5) is 2.46. The predicted octanol–water partition coefficient (Wildman–Crippen LogP) is 1.10. The van der Waals surface area contributed by atoms with E-state index < -0.39 is 0 Å². The molecule has 0 aromatic carbocycles. The number of rotatable bonds is 7. The summed E-state index contributed by atoms with van der Waals surface area (Å²) in [5.74, 6) is 0. The standard InChI is InChI=1S/C14H26N4O/c1-3-6-18-14(4-5-16-18)11-15-13(2)12-17-7-9-19-10-8-17/h4-5,13,15H,3,6-12H2,1-2H3. The summed E-state index contributed by atoms with van der Waals surface area (Å²) in [6.07, 6.45) is 3.01. The molecule has 0 saturated carbocycles. The van der Waals surface area contributed by atoms with Gasteiger partial charge in [-0.05, 0) is 19.4 Å². The van der Waals surface area contributed by atoms with Crippen LogP contribution in [0.25, 0.3) is 0 Å². The molecule has 1 fully saturated rings. The van der Waals surface area contributed by atoms with Crippen LogP contribution in [0.2, 0.25) is 0 Å². The van der Waals surface area contributed by atoms with Gasteiger partial charge in [-0.1, -0.05) is 6.92 Å². The third-order valence-electron chi connectivity index (χ3n) is 3.51. The third-order valence-corrected chi connectivity index (χ3v) is 3.51. The number of nitrogens with zero attached hydrogens (tertiary/aromatic N) is 3. The summed E-state index contributed by atoms with van der Waals surface area (Å²) < 4.78 is 7.46. The molecule has 0 amide bonds. The molecular weight excluding hydrogens is 240 g/mol. The fraction of sp³-hybridized carbons (Fsp3) is 0.786. The molecule has 1 aromatic rings. The van der Waals surface area contributed by atoms with E-state index in [1.165, 1.54) is 5.69 Å². The van der Waals surface area contributed by atoms with Gasteiger partial charge in [-0.3, -0.25) is 9.58 Å². The second kappa shape index (κ2) is 7.62. The van der Waals surface area contributed by atoms with Gasteiger partial charge < -0.3 is 10.1 Å². The Balaban J connectivity index is 1.72. The second-order valence-corrected chi connectivity index (χ2v) is 5.24. The summed E-state index contributed by atoms with van der Waals surface area (Å²) in [5.41, 5.74) is 1.27. The van der Waals surface area contributed by atoms with Crippen LogP contribution >= 0.6 is 0 Å². The van der Waals surface area contributed by atoms with E-state index in [0.29, 0.717) is 6.04 Å². The zero-order chi connectivity index (χ0) is 13.5. The van der Waals surface area contributed by atoms with Crippen molar-refractivity contribution >= 4 is 0 Å². The first-order chi connectivity index (χ1) is 9.29. The summed E-state index contributed by atoms with van der Waals surface area (Å²) in [6, 6.07) is 2.59. The highest BCUT2D eigenvalue weighted by atomic mass is 16.5. The smallest absolute Gasteiger partial charge is 0.0594 e. The fourth-order valence-corrected chi connectivity index (χ4v) is 2.44. The number of nitrogens with one attached hydrogen (secondary N) is 1. The maximum atomic E-state index is 5.37. The SMILES string of the molecule is CCCn1nccc1CNC(C)CN1CCOCC1. The van der Waals surface area contributed by atoms with Gasteiger partial charge in [0, 0.05) is 45.0 Å². The largest absolute Gasteiger partial charge is 0.379 e. The van der Waals surface area contributed by atoms with Crippen molar-refractivity contribution in [2.75, 3.05) is 32.8 Å². The number of aryl methyl sites for hydroxylation is 1. The third kappa shape index (κ3) is 4.60. The molecule has 1 saturated heterocycles. The number of aromatic nitrogens is 2. The minimum absolute atomic E-state index is 0.489. The lowest BCUT2D eigenvalue weighted by molar-refractivity contribution is 0.0343. The Morgan fingerprint density at radius 2 is 2.21 bits per heavy atom. The maximum absolute atomic E-state index is 5.37. The van der Waals surface area contributed by atoms with Crippen molar-refractivity contribution in [1.82, 2.24) is 20.0 Å². The molecule has 0 radical (unpaired) electrons. The van der Waals surface area contributed by atoms with Crippen LogP contribution in [0.1, 0.15) is 26.0 Å². The van der Waals surface area contributed by atoms with Crippen LogP contribution in [-0.4, -0.2) is 53.6 Å². The molecule has 0 spiro atoms. The maximum Gasteiger partial charge on any atom is 0.0594 e. The van der Waals surface area contributed by atoms with E-state index in [0.717, 1.165) is 52.4 Å². The molecule has 1 aromatic heterocycles. The van der Waals surface area contributed by atoms with Crippen LogP contribution < -0.4 is 5.32 Å². The first-order valence-electron chi connectivity index (χ1n) is 7.33. The van der Waals surface area contributed by atoms with Gasteiger partial charge in [0.25, 0.3) is 0 Å². The Labute approximate surface area is 115 Å². The zero-order valence-electron chi connectivity index (χ0n) is 12.1. The molecule has 1 aliphatic rings. The van der Waals surface area contributed by atoms with E-state index in [1.54, 1.807) is 0 Å². The van der Waals surface area contributed by atoms with E-state index in [1.807, 2.05) is 6.20 Å². The van der Waals surface area contributed by atoms with Crippen molar-refractivity contribution in [2.24, 2.45) is 0 Å². The Hall–Kier alpha value is -0.910. The van der Waals surface area contributed by atoms with Gasteiger partial charge >= 0.3 is 0 Å². The molecule has 0 bridgehead atoms. The lowest BCUT2D eigenvalue weighted by Crippen LogP contribution is -2.44.